The van der Waals surface area contributed by atoms with Crippen molar-refractivity contribution in [3.05, 3.63) is 41.6 Å². The Balaban J connectivity index is 1.86. The summed E-state index contributed by atoms with van der Waals surface area (Å²) in [5.74, 6) is 1.94. The lowest BCUT2D eigenvalue weighted by atomic mass is 9.75. The third-order valence-electron chi connectivity index (χ3n) is 6.16. The third-order valence-corrected chi connectivity index (χ3v) is 6.16. The fourth-order valence-corrected chi connectivity index (χ4v) is 4.19. The van der Waals surface area contributed by atoms with E-state index in [0.29, 0.717) is 18.2 Å². The molecular formula is C23H32N6. The maximum Gasteiger partial charge on any atom is 0.131 e. The summed E-state index contributed by atoms with van der Waals surface area (Å²) >= 11 is 0. The minimum absolute atomic E-state index is 0.161. The quantitative estimate of drug-likeness (QED) is 0.419. The van der Waals surface area contributed by atoms with Gasteiger partial charge >= 0.3 is 0 Å². The van der Waals surface area contributed by atoms with Crippen molar-refractivity contribution >= 4 is 18.4 Å². The van der Waals surface area contributed by atoms with Gasteiger partial charge in [0.2, 0.25) is 0 Å². The lowest BCUT2D eigenvalue weighted by Crippen LogP contribution is -2.38. The van der Waals surface area contributed by atoms with E-state index in [9.17, 15) is 5.26 Å². The van der Waals surface area contributed by atoms with E-state index in [4.69, 9.17) is 4.98 Å². The first-order valence-electron chi connectivity index (χ1n) is 10.5. The Hall–Kier alpha value is -2.65. The molecule has 154 valence electrons. The molecule has 1 unspecified atom stereocenters. The van der Waals surface area contributed by atoms with Crippen molar-refractivity contribution in [1.29, 1.82) is 5.26 Å². The summed E-state index contributed by atoms with van der Waals surface area (Å²) in [7, 11) is 0. The zero-order valence-electron chi connectivity index (χ0n) is 17.6. The molecule has 2 saturated heterocycles. The monoisotopic (exact) mass is 392 g/mol. The van der Waals surface area contributed by atoms with E-state index in [1.165, 1.54) is 24.6 Å². The summed E-state index contributed by atoms with van der Waals surface area (Å²) in [6.07, 6.45) is 9.72. The molecule has 2 fully saturated rings. The van der Waals surface area contributed by atoms with Crippen LogP contribution in [0.3, 0.4) is 0 Å². The van der Waals surface area contributed by atoms with Gasteiger partial charge in [-0.3, -0.25) is 4.99 Å². The molecule has 6 heteroatoms. The molecule has 6 nitrogen and oxygen atoms in total. The van der Waals surface area contributed by atoms with Crippen molar-refractivity contribution < 1.29 is 0 Å². The van der Waals surface area contributed by atoms with Crippen LogP contribution in [0.1, 0.15) is 45.1 Å². The molecular weight excluding hydrogens is 360 g/mol. The summed E-state index contributed by atoms with van der Waals surface area (Å²) in [6, 6.07) is 7.18. The Bertz CT molecular complexity index is 813. The van der Waals surface area contributed by atoms with Gasteiger partial charge < -0.3 is 15.5 Å². The van der Waals surface area contributed by atoms with Gasteiger partial charge in [-0.05, 0) is 87.7 Å². The lowest BCUT2D eigenvalue weighted by Gasteiger charge is -2.36. The van der Waals surface area contributed by atoms with Crippen molar-refractivity contribution in [2.24, 2.45) is 4.99 Å². The van der Waals surface area contributed by atoms with E-state index in [2.05, 4.69) is 59.3 Å². The summed E-state index contributed by atoms with van der Waals surface area (Å²) < 4.78 is 0. The SMILES string of the molecule is C=NC=CC(C#N)=CCNc1cc(C2(C)CCNCC2)cc(N2CCCC2C)n1. The molecule has 1 aromatic rings. The third kappa shape index (κ3) is 5.24. The minimum Gasteiger partial charge on any atom is -0.366 e. The van der Waals surface area contributed by atoms with E-state index in [1.54, 1.807) is 6.08 Å². The Kier molecular flexibility index (Phi) is 7.05. The molecule has 0 amide bonds. The zero-order valence-corrected chi connectivity index (χ0v) is 17.6. The summed E-state index contributed by atoms with van der Waals surface area (Å²) in [6.45, 7) is 11.7. The van der Waals surface area contributed by atoms with Crippen LogP contribution in [0.4, 0.5) is 11.6 Å². The van der Waals surface area contributed by atoms with E-state index >= 15 is 0 Å². The van der Waals surface area contributed by atoms with Crippen molar-refractivity contribution in [3.63, 3.8) is 0 Å². The number of nitrogens with one attached hydrogen (secondary N) is 2. The average molecular weight is 393 g/mol. The molecule has 29 heavy (non-hydrogen) atoms. The summed E-state index contributed by atoms with van der Waals surface area (Å²) in [5, 5.41) is 16.1. The number of nitriles is 1. The highest BCUT2D eigenvalue weighted by Gasteiger charge is 2.31. The maximum absolute atomic E-state index is 9.23. The Morgan fingerprint density at radius 1 is 1.48 bits per heavy atom. The van der Waals surface area contributed by atoms with Gasteiger partial charge in [-0.25, -0.2) is 4.98 Å². The first-order chi connectivity index (χ1) is 14.1. The Labute approximate surface area is 174 Å². The predicted octanol–water partition coefficient (Wildman–Crippen LogP) is 3.79. The molecule has 0 spiro atoms. The molecule has 3 heterocycles. The van der Waals surface area contributed by atoms with Gasteiger partial charge in [-0.2, -0.15) is 5.26 Å². The van der Waals surface area contributed by atoms with E-state index in [0.717, 1.165) is 44.1 Å². The molecule has 0 aromatic carbocycles. The molecule has 2 aliphatic heterocycles. The largest absolute Gasteiger partial charge is 0.366 e. The van der Waals surface area contributed by atoms with Crippen LogP contribution < -0.4 is 15.5 Å². The number of anilines is 2. The average Bonchev–Trinajstić information content (AvgIpc) is 3.17. The molecule has 2 N–H and O–H groups in total. The molecule has 1 aromatic heterocycles. The zero-order chi connectivity index (χ0) is 20.7. The normalized spacial score (nSPS) is 21.9. The number of nitrogens with zero attached hydrogens (tertiary/aromatic N) is 4. The second kappa shape index (κ2) is 9.71. The predicted molar refractivity (Wildman–Crippen MR) is 121 cm³/mol. The molecule has 3 rings (SSSR count). The molecule has 0 radical (unpaired) electrons. The van der Waals surface area contributed by atoms with Crippen LogP contribution in [0.5, 0.6) is 0 Å². The highest BCUT2D eigenvalue weighted by atomic mass is 15.2. The standard InChI is InChI=1S/C23H32N6/c1-18-5-4-14-29(18)22-16-20(23(2)8-12-26-13-9-23)15-21(28-22)27-11-7-19(17-24)6-10-25-3/h6-7,10,15-16,18,26H,3-5,8-9,11-14H2,1-2H3,(H,27,28). The Morgan fingerprint density at radius 3 is 2.93 bits per heavy atom. The molecule has 0 saturated carbocycles. The van der Waals surface area contributed by atoms with Crippen molar-refractivity contribution in [2.75, 3.05) is 36.4 Å². The van der Waals surface area contributed by atoms with Gasteiger partial charge in [0, 0.05) is 25.3 Å². The highest BCUT2D eigenvalue weighted by molar-refractivity contribution is 5.54. The number of hydrogen-bond acceptors (Lipinski definition) is 6. The number of hydrogen-bond donors (Lipinski definition) is 2. The van der Waals surface area contributed by atoms with Gasteiger partial charge in [0.1, 0.15) is 11.6 Å². The summed E-state index contributed by atoms with van der Waals surface area (Å²) in [4.78, 5) is 11.0. The lowest BCUT2D eigenvalue weighted by molar-refractivity contribution is 0.335. The molecule has 2 aliphatic rings. The second-order valence-corrected chi connectivity index (χ2v) is 8.25. The number of piperidine rings is 1. The number of rotatable bonds is 7. The van der Waals surface area contributed by atoms with Gasteiger partial charge in [0.15, 0.2) is 0 Å². The van der Waals surface area contributed by atoms with Crippen molar-refractivity contribution in [2.45, 2.75) is 51.0 Å². The maximum atomic E-state index is 9.23. The Morgan fingerprint density at radius 2 is 2.28 bits per heavy atom. The number of pyridine rings is 1. The number of allylic oxidation sites excluding steroid dienone is 2. The fourth-order valence-electron chi connectivity index (χ4n) is 4.19. The van der Waals surface area contributed by atoms with Crippen LogP contribution in [0.15, 0.2) is 41.1 Å². The second-order valence-electron chi connectivity index (χ2n) is 8.25. The van der Waals surface area contributed by atoms with Gasteiger partial charge in [0.05, 0.1) is 11.6 Å². The molecule has 1 atom stereocenters. The topological polar surface area (TPSA) is 76.3 Å². The van der Waals surface area contributed by atoms with E-state index in [1.807, 2.05) is 6.08 Å². The van der Waals surface area contributed by atoms with Gasteiger partial charge in [-0.15, -0.1) is 0 Å². The van der Waals surface area contributed by atoms with Gasteiger partial charge in [0.25, 0.3) is 0 Å². The van der Waals surface area contributed by atoms with Crippen molar-refractivity contribution in [3.8, 4) is 6.07 Å². The van der Waals surface area contributed by atoms with Crippen LogP contribution in [0.25, 0.3) is 0 Å². The smallest absolute Gasteiger partial charge is 0.131 e. The van der Waals surface area contributed by atoms with Crippen LogP contribution in [0.2, 0.25) is 0 Å². The minimum atomic E-state index is 0.161. The summed E-state index contributed by atoms with van der Waals surface area (Å²) in [5.41, 5.74) is 2.07. The van der Waals surface area contributed by atoms with Crippen molar-refractivity contribution in [1.82, 2.24) is 10.3 Å². The van der Waals surface area contributed by atoms with Gasteiger partial charge in [-0.1, -0.05) is 6.92 Å². The van der Waals surface area contributed by atoms with Crippen LogP contribution >= 0.6 is 0 Å². The van der Waals surface area contributed by atoms with E-state index in [-0.39, 0.29) is 5.41 Å². The molecule has 0 aliphatic carbocycles. The van der Waals surface area contributed by atoms with Crippen LogP contribution in [-0.2, 0) is 5.41 Å². The highest BCUT2D eigenvalue weighted by Crippen LogP contribution is 2.36. The number of aliphatic imine (C=N–C) groups is 1. The van der Waals surface area contributed by atoms with Crippen LogP contribution in [0, 0.1) is 11.3 Å². The van der Waals surface area contributed by atoms with E-state index < -0.39 is 0 Å². The first-order valence-corrected chi connectivity index (χ1v) is 10.5. The molecule has 0 bridgehead atoms. The van der Waals surface area contributed by atoms with Crippen LogP contribution in [-0.4, -0.2) is 43.9 Å². The first kappa shape index (κ1) is 21.1. The number of aromatic nitrogens is 1. The fraction of sp³-hybridized carbons (Fsp3) is 0.522.